The zero-order chi connectivity index (χ0) is 24.0. The summed E-state index contributed by atoms with van der Waals surface area (Å²) in [5.74, 6) is 0. The van der Waals surface area contributed by atoms with Gasteiger partial charge in [0, 0.05) is 49.0 Å². The second kappa shape index (κ2) is 8.40. The molecule has 0 spiro atoms. The van der Waals surface area contributed by atoms with Gasteiger partial charge in [-0.25, -0.2) is 4.79 Å². The maximum atomic E-state index is 13.8. The number of morpholine rings is 1. The summed E-state index contributed by atoms with van der Waals surface area (Å²) in [6.07, 6.45) is 0.650. The number of aryl methyl sites for hydroxylation is 2. The van der Waals surface area contributed by atoms with Crippen molar-refractivity contribution in [2.45, 2.75) is 52.6 Å². The highest BCUT2D eigenvalue weighted by molar-refractivity contribution is 5.57. The third-order valence-electron chi connectivity index (χ3n) is 5.77. The SMILES string of the molecule is CCn1cc(Cn2cc(C)n(-c3cc(N4CCOC(C)(C)C4)cc(C(F)(F)F)c3)c2=O)cn1. The first kappa shape index (κ1) is 23.2. The van der Waals surface area contributed by atoms with Gasteiger partial charge in [-0.3, -0.25) is 13.8 Å². The van der Waals surface area contributed by atoms with E-state index in [1.165, 1.54) is 9.13 Å². The molecule has 4 rings (SSSR count). The lowest BCUT2D eigenvalue weighted by atomic mass is 10.1. The molecule has 0 radical (unpaired) electrons. The minimum atomic E-state index is -4.54. The van der Waals surface area contributed by atoms with Gasteiger partial charge in [0.1, 0.15) is 0 Å². The Morgan fingerprint density at radius 3 is 2.52 bits per heavy atom. The molecule has 1 aromatic carbocycles. The van der Waals surface area contributed by atoms with Gasteiger partial charge in [0.05, 0.1) is 36.2 Å². The second-order valence-corrected chi connectivity index (χ2v) is 8.99. The topological polar surface area (TPSA) is 57.2 Å². The van der Waals surface area contributed by atoms with Gasteiger partial charge in [-0.2, -0.15) is 18.3 Å². The number of rotatable bonds is 5. The first-order chi connectivity index (χ1) is 15.5. The number of imidazole rings is 1. The van der Waals surface area contributed by atoms with Gasteiger partial charge in [-0.05, 0) is 45.9 Å². The highest BCUT2D eigenvalue weighted by Crippen LogP contribution is 2.35. The van der Waals surface area contributed by atoms with E-state index < -0.39 is 23.0 Å². The number of anilines is 1. The van der Waals surface area contributed by atoms with E-state index in [4.69, 9.17) is 4.74 Å². The molecule has 0 amide bonds. The molecule has 1 saturated heterocycles. The van der Waals surface area contributed by atoms with Crippen LogP contribution in [0.1, 0.15) is 37.6 Å². The van der Waals surface area contributed by atoms with E-state index in [1.807, 2.05) is 31.9 Å². The summed E-state index contributed by atoms with van der Waals surface area (Å²) in [6.45, 7) is 9.82. The van der Waals surface area contributed by atoms with Gasteiger partial charge in [-0.1, -0.05) is 0 Å². The Kier molecular flexibility index (Phi) is 5.90. The van der Waals surface area contributed by atoms with Crippen molar-refractivity contribution in [1.29, 1.82) is 0 Å². The lowest BCUT2D eigenvalue weighted by Crippen LogP contribution is -2.48. The number of hydrogen-bond acceptors (Lipinski definition) is 4. The molecule has 0 bridgehead atoms. The number of aromatic nitrogens is 4. The quantitative estimate of drug-likeness (QED) is 0.577. The molecule has 2 aromatic heterocycles. The fourth-order valence-electron chi connectivity index (χ4n) is 4.21. The predicted octanol–water partition coefficient (Wildman–Crippen LogP) is 3.85. The average Bonchev–Trinajstić information content (AvgIpc) is 3.30. The predicted molar refractivity (Wildman–Crippen MR) is 119 cm³/mol. The van der Waals surface area contributed by atoms with Crippen molar-refractivity contribution >= 4 is 5.69 Å². The third-order valence-corrected chi connectivity index (χ3v) is 5.77. The van der Waals surface area contributed by atoms with Crippen LogP contribution in [-0.2, 0) is 24.0 Å². The summed E-state index contributed by atoms with van der Waals surface area (Å²) < 4.78 is 51.6. The fraction of sp³-hybridized carbons (Fsp3) is 0.478. The van der Waals surface area contributed by atoms with E-state index in [0.717, 1.165) is 17.7 Å². The third kappa shape index (κ3) is 4.85. The first-order valence-electron chi connectivity index (χ1n) is 10.9. The van der Waals surface area contributed by atoms with Crippen LogP contribution in [0.15, 0.2) is 41.6 Å². The van der Waals surface area contributed by atoms with E-state index in [9.17, 15) is 18.0 Å². The number of benzene rings is 1. The molecule has 0 saturated carbocycles. The normalized spacial score (nSPS) is 16.4. The fourth-order valence-corrected chi connectivity index (χ4v) is 4.21. The summed E-state index contributed by atoms with van der Waals surface area (Å²) in [5, 5.41) is 4.22. The Morgan fingerprint density at radius 2 is 1.88 bits per heavy atom. The number of ether oxygens (including phenoxy) is 1. The summed E-state index contributed by atoms with van der Waals surface area (Å²) in [6, 6.07) is 3.81. The van der Waals surface area contributed by atoms with Crippen LogP contribution in [0, 0.1) is 6.92 Å². The van der Waals surface area contributed by atoms with Crippen LogP contribution in [-0.4, -0.2) is 44.2 Å². The van der Waals surface area contributed by atoms with Crippen molar-refractivity contribution in [3.8, 4) is 5.69 Å². The molecular weight excluding hydrogens is 435 g/mol. The van der Waals surface area contributed by atoms with Crippen LogP contribution in [0.4, 0.5) is 18.9 Å². The summed E-state index contributed by atoms with van der Waals surface area (Å²) in [5.41, 5.74) is 0.332. The molecule has 3 heterocycles. The van der Waals surface area contributed by atoms with E-state index in [0.29, 0.717) is 37.6 Å². The van der Waals surface area contributed by atoms with Gasteiger partial charge in [0.25, 0.3) is 0 Å². The van der Waals surface area contributed by atoms with Crippen molar-refractivity contribution in [1.82, 2.24) is 18.9 Å². The maximum absolute atomic E-state index is 13.8. The monoisotopic (exact) mass is 463 g/mol. The Bertz CT molecular complexity index is 1210. The van der Waals surface area contributed by atoms with Crippen LogP contribution >= 0.6 is 0 Å². The lowest BCUT2D eigenvalue weighted by molar-refractivity contribution is -0.137. The minimum absolute atomic E-state index is 0.189. The Labute approximate surface area is 190 Å². The molecule has 0 atom stereocenters. The average molecular weight is 464 g/mol. The van der Waals surface area contributed by atoms with Crippen LogP contribution in [0.3, 0.4) is 0 Å². The standard InChI is InChI=1S/C23H28F3N5O2/c1-5-30-14-17(11-27-30)13-29-12-16(2)31(21(29)32)20-9-18(23(24,25)26)8-19(10-20)28-6-7-33-22(3,4)15-28/h8-12,14H,5-7,13,15H2,1-4H3. The zero-order valence-electron chi connectivity index (χ0n) is 19.2. The smallest absolute Gasteiger partial charge is 0.372 e. The van der Waals surface area contributed by atoms with Crippen LogP contribution < -0.4 is 10.6 Å². The van der Waals surface area contributed by atoms with Crippen LogP contribution in [0.2, 0.25) is 0 Å². The van der Waals surface area contributed by atoms with Gasteiger partial charge in [0.15, 0.2) is 0 Å². The van der Waals surface area contributed by atoms with Crippen molar-refractivity contribution in [2.24, 2.45) is 0 Å². The maximum Gasteiger partial charge on any atom is 0.416 e. The summed E-state index contributed by atoms with van der Waals surface area (Å²) in [4.78, 5) is 15.1. The van der Waals surface area contributed by atoms with Crippen molar-refractivity contribution < 1.29 is 17.9 Å². The molecular formula is C23H28F3N5O2. The summed E-state index contributed by atoms with van der Waals surface area (Å²) in [7, 11) is 0. The number of halogens is 3. The molecule has 178 valence electrons. The van der Waals surface area contributed by atoms with E-state index in [1.54, 1.807) is 30.1 Å². The molecule has 1 fully saturated rings. The molecule has 7 nitrogen and oxygen atoms in total. The Hall–Kier alpha value is -3.01. The van der Waals surface area contributed by atoms with Gasteiger partial charge in [0.2, 0.25) is 0 Å². The largest absolute Gasteiger partial charge is 0.416 e. The first-order valence-corrected chi connectivity index (χ1v) is 10.9. The van der Waals surface area contributed by atoms with Crippen LogP contribution in [0.25, 0.3) is 5.69 Å². The van der Waals surface area contributed by atoms with E-state index >= 15 is 0 Å². The molecule has 0 unspecified atom stereocenters. The minimum Gasteiger partial charge on any atom is -0.372 e. The number of hydrogen-bond donors (Lipinski definition) is 0. The highest BCUT2D eigenvalue weighted by Gasteiger charge is 2.34. The second-order valence-electron chi connectivity index (χ2n) is 8.99. The molecule has 10 heteroatoms. The summed E-state index contributed by atoms with van der Waals surface area (Å²) >= 11 is 0. The molecule has 33 heavy (non-hydrogen) atoms. The van der Waals surface area contributed by atoms with Crippen LogP contribution in [0.5, 0.6) is 0 Å². The molecule has 3 aromatic rings. The lowest BCUT2D eigenvalue weighted by Gasteiger charge is -2.39. The van der Waals surface area contributed by atoms with Gasteiger partial charge in [-0.15, -0.1) is 0 Å². The highest BCUT2D eigenvalue weighted by atomic mass is 19.4. The zero-order valence-corrected chi connectivity index (χ0v) is 19.2. The van der Waals surface area contributed by atoms with E-state index in [-0.39, 0.29) is 12.2 Å². The molecule has 0 N–H and O–H groups in total. The van der Waals surface area contributed by atoms with Crippen molar-refractivity contribution in [3.63, 3.8) is 0 Å². The number of alkyl halides is 3. The van der Waals surface area contributed by atoms with E-state index in [2.05, 4.69) is 5.10 Å². The molecule has 1 aliphatic heterocycles. The van der Waals surface area contributed by atoms with Gasteiger partial charge >= 0.3 is 11.9 Å². The van der Waals surface area contributed by atoms with Gasteiger partial charge < -0.3 is 9.64 Å². The van der Waals surface area contributed by atoms with Crippen molar-refractivity contribution in [3.05, 3.63) is 64.1 Å². The number of nitrogens with zero attached hydrogens (tertiary/aromatic N) is 5. The molecule has 0 aliphatic carbocycles. The molecule has 1 aliphatic rings. The Balaban J connectivity index is 1.76. The van der Waals surface area contributed by atoms with Crippen molar-refractivity contribution in [2.75, 3.05) is 24.6 Å². The Morgan fingerprint density at radius 1 is 1.15 bits per heavy atom.